The van der Waals surface area contributed by atoms with Crippen LogP contribution in [-0.2, 0) is 17.8 Å². The summed E-state index contributed by atoms with van der Waals surface area (Å²) in [6, 6.07) is 20.0. The Morgan fingerprint density at radius 3 is 2.33 bits per heavy atom. The van der Waals surface area contributed by atoms with Crippen molar-refractivity contribution in [3.05, 3.63) is 88.0 Å². The number of hydrogen-bond acceptors (Lipinski definition) is 5. The van der Waals surface area contributed by atoms with E-state index in [1.165, 1.54) is 5.56 Å². The normalized spacial score (nSPS) is 14.6. The number of rotatable bonds is 6. The summed E-state index contributed by atoms with van der Waals surface area (Å²) >= 11 is 0. The first-order valence-electron chi connectivity index (χ1n) is 11.4. The van der Waals surface area contributed by atoms with Crippen molar-refractivity contribution >= 4 is 17.1 Å². The van der Waals surface area contributed by atoms with Crippen molar-refractivity contribution < 1.29 is 4.79 Å². The van der Waals surface area contributed by atoms with Crippen molar-refractivity contribution in [3.63, 3.8) is 0 Å². The fourth-order valence-electron chi connectivity index (χ4n) is 4.40. The minimum atomic E-state index is -0.268. The number of benzene rings is 2. The van der Waals surface area contributed by atoms with E-state index in [0.29, 0.717) is 37.5 Å². The van der Waals surface area contributed by atoms with Crippen LogP contribution in [0.5, 0.6) is 0 Å². The van der Waals surface area contributed by atoms with Gasteiger partial charge in [-0.3, -0.25) is 9.59 Å². The molecule has 8 nitrogen and oxygen atoms in total. The number of likely N-dealkylation sites (tertiary alicyclic amines) is 1. The van der Waals surface area contributed by atoms with Gasteiger partial charge in [0.15, 0.2) is 11.2 Å². The number of H-pyrrole nitrogens is 1. The third-order valence-electron chi connectivity index (χ3n) is 6.27. The minimum Gasteiger partial charge on any atom is -0.343 e. The molecule has 0 aliphatic carbocycles. The number of amides is 1. The zero-order valence-electron chi connectivity index (χ0n) is 18.4. The van der Waals surface area contributed by atoms with E-state index < -0.39 is 0 Å². The fourth-order valence-corrected chi connectivity index (χ4v) is 4.40. The van der Waals surface area contributed by atoms with Crippen LogP contribution in [0, 0.1) is 0 Å². The van der Waals surface area contributed by atoms with Crippen LogP contribution in [0.1, 0.15) is 42.1 Å². The largest absolute Gasteiger partial charge is 0.343 e. The third-order valence-corrected chi connectivity index (χ3v) is 6.27. The molecule has 1 amide bonds. The van der Waals surface area contributed by atoms with E-state index in [9.17, 15) is 9.59 Å². The van der Waals surface area contributed by atoms with E-state index >= 15 is 0 Å². The Hall–Kier alpha value is -3.81. The second-order valence-corrected chi connectivity index (χ2v) is 8.50. The van der Waals surface area contributed by atoms with Gasteiger partial charge in [-0.25, -0.2) is 9.67 Å². The maximum atomic E-state index is 12.7. The standard InChI is InChI=1S/C25H26N6O2/c32-21(12-11-18-7-3-1-4-8-18)30-15-13-20(14-16-30)23-26-24-22(25(33)27-23)28-29-31(24)17-19-9-5-2-6-10-19/h1-10,20H,11-17H2,(H,26,27,33). The molecule has 33 heavy (non-hydrogen) atoms. The number of carbonyl (C=O) groups excluding carboxylic acids is 1. The van der Waals surface area contributed by atoms with Gasteiger partial charge in [0.2, 0.25) is 5.91 Å². The molecule has 1 aliphatic rings. The molecule has 168 valence electrons. The first kappa shape index (κ1) is 21.1. The van der Waals surface area contributed by atoms with Gasteiger partial charge in [0.05, 0.1) is 6.54 Å². The molecule has 1 N–H and O–H groups in total. The van der Waals surface area contributed by atoms with Crippen LogP contribution >= 0.6 is 0 Å². The molecule has 1 aliphatic heterocycles. The average molecular weight is 443 g/mol. The Kier molecular flexibility index (Phi) is 5.97. The van der Waals surface area contributed by atoms with E-state index in [1.54, 1.807) is 4.68 Å². The second-order valence-electron chi connectivity index (χ2n) is 8.50. The van der Waals surface area contributed by atoms with Gasteiger partial charge < -0.3 is 9.88 Å². The highest BCUT2D eigenvalue weighted by Crippen LogP contribution is 2.26. The number of fused-ring (bicyclic) bond motifs is 1. The van der Waals surface area contributed by atoms with Crippen LogP contribution in [0.2, 0.25) is 0 Å². The maximum absolute atomic E-state index is 12.7. The first-order valence-corrected chi connectivity index (χ1v) is 11.4. The van der Waals surface area contributed by atoms with Crippen LogP contribution in [-0.4, -0.2) is 48.9 Å². The lowest BCUT2D eigenvalue weighted by molar-refractivity contribution is -0.132. The molecular formula is C25H26N6O2. The predicted octanol–water partition coefficient (Wildman–Crippen LogP) is 2.90. The second kappa shape index (κ2) is 9.36. The van der Waals surface area contributed by atoms with Gasteiger partial charge in [0, 0.05) is 25.4 Å². The smallest absolute Gasteiger partial charge is 0.281 e. The molecule has 2 aromatic heterocycles. The van der Waals surface area contributed by atoms with Gasteiger partial charge >= 0.3 is 0 Å². The van der Waals surface area contributed by atoms with Gasteiger partial charge in [-0.05, 0) is 30.4 Å². The Labute approximate surface area is 191 Å². The molecule has 0 spiro atoms. The molecule has 8 heteroatoms. The molecule has 0 bridgehead atoms. The number of aryl methyl sites for hydroxylation is 1. The lowest BCUT2D eigenvalue weighted by Gasteiger charge is -2.31. The molecule has 4 aromatic rings. The average Bonchev–Trinajstić information content (AvgIpc) is 3.27. The van der Waals surface area contributed by atoms with E-state index in [-0.39, 0.29) is 22.9 Å². The molecule has 0 saturated carbocycles. The summed E-state index contributed by atoms with van der Waals surface area (Å²) < 4.78 is 1.67. The number of carbonyl (C=O) groups is 1. The number of nitrogens with zero attached hydrogens (tertiary/aromatic N) is 5. The summed E-state index contributed by atoms with van der Waals surface area (Å²) in [7, 11) is 0. The maximum Gasteiger partial charge on any atom is 0.281 e. The van der Waals surface area contributed by atoms with Crippen molar-refractivity contribution in [1.29, 1.82) is 0 Å². The highest BCUT2D eigenvalue weighted by molar-refractivity contribution is 5.76. The number of aromatic amines is 1. The van der Waals surface area contributed by atoms with E-state index in [0.717, 1.165) is 24.8 Å². The highest BCUT2D eigenvalue weighted by atomic mass is 16.2. The van der Waals surface area contributed by atoms with E-state index in [4.69, 9.17) is 4.98 Å². The number of nitrogens with one attached hydrogen (secondary N) is 1. The third kappa shape index (κ3) is 4.69. The number of aromatic nitrogens is 5. The van der Waals surface area contributed by atoms with Crippen molar-refractivity contribution in [2.24, 2.45) is 0 Å². The topological polar surface area (TPSA) is 96.8 Å². The summed E-state index contributed by atoms with van der Waals surface area (Å²) in [5, 5.41) is 8.18. The summed E-state index contributed by atoms with van der Waals surface area (Å²) in [5.41, 5.74) is 2.73. The van der Waals surface area contributed by atoms with Crippen LogP contribution in [0.3, 0.4) is 0 Å². The van der Waals surface area contributed by atoms with Crippen molar-refractivity contribution in [2.45, 2.75) is 38.1 Å². The zero-order valence-corrected chi connectivity index (χ0v) is 18.4. The van der Waals surface area contributed by atoms with E-state index in [2.05, 4.69) is 27.4 Å². The predicted molar refractivity (Wildman–Crippen MR) is 125 cm³/mol. The first-order chi connectivity index (χ1) is 16.2. The van der Waals surface area contributed by atoms with Crippen molar-refractivity contribution in [1.82, 2.24) is 29.9 Å². The molecule has 3 heterocycles. The van der Waals surface area contributed by atoms with Crippen LogP contribution < -0.4 is 5.56 Å². The molecule has 2 aromatic carbocycles. The quantitative estimate of drug-likeness (QED) is 0.495. The Balaban J connectivity index is 1.26. The molecule has 1 fully saturated rings. The summed E-state index contributed by atoms with van der Waals surface area (Å²) in [6.45, 7) is 1.84. The van der Waals surface area contributed by atoms with Gasteiger partial charge in [0.25, 0.3) is 5.56 Å². The fraction of sp³-hybridized carbons (Fsp3) is 0.320. The van der Waals surface area contributed by atoms with Gasteiger partial charge in [-0.15, -0.1) is 5.10 Å². The van der Waals surface area contributed by atoms with Gasteiger partial charge in [-0.1, -0.05) is 65.9 Å². The lowest BCUT2D eigenvalue weighted by Crippen LogP contribution is -2.38. The summed E-state index contributed by atoms with van der Waals surface area (Å²) in [5.74, 6) is 0.931. The number of hydrogen-bond donors (Lipinski definition) is 1. The van der Waals surface area contributed by atoms with Crippen LogP contribution in [0.25, 0.3) is 11.2 Å². The number of piperidine rings is 1. The minimum absolute atomic E-state index is 0.0975. The Bertz CT molecular complexity index is 1290. The van der Waals surface area contributed by atoms with Crippen LogP contribution in [0.4, 0.5) is 0 Å². The summed E-state index contributed by atoms with van der Waals surface area (Å²) in [6.07, 6.45) is 2.81. The van der Waals surface area contributed by atoms with Crippen molar-refractivity contribution in [3.8, 4) is 0 Å². The van der Waals surface area contributed by atoms with E-state index in [1.807, 2.05) is 53.4 Å². The SMILES string of the molecule is O=C(CCc1ccccc1)N1CCC(c2nc3c(nnn3Cc3ccccc3)c(=O)[nH]2)CC1. The monoisotopic (exact) mass is 442 g/mol. The zero-order chi connectivity index (χ0) is 22.6. The molecule has 5 rings (SSSR count). The summed E-state index contributed by atoms with van der Waals surface area (Å²) in [4.78, 5) is 34.9. The molecule has 0 atom stereocenters. The van der Waals surface area contributed by atoms with Crippen molar-refractivity contribution in [2.75, 3.05) is 13.1 Å². The molecule has 1 saturated heterocycles. The Morgan fingerprint density at radius 2 is 1.64 bits per heavy atom. The molecule has 0 unspecified atom stereocenters. The highest BCUT2D eigenvalue weighted by Gasteiger charge is 2.26. The Morgan fingerprint density at radius 1 is 0.970 bits per heavy atom. The molecular weight excluding hydrogens is 416 g/mol. The van der Waals surface area contributed by atoms with Crippen LogP contribution in [0.15, 0.2) is 65.5 Å². The van der Waals surface area contributed by atoms with Gasteiger partial charge in [0.1, 0.15) is 5.82 Å². The molecule has 0 radical (unpaired) electrons. The van der Waals surface area contributed by atoms with Gasteiger partial charge in [-0.2, -0.15) is 0 Å². The lowest BCUT2D eigenvalue weighted by atomic mass is 9.95.